The number of carbonyl (C=O) groups is 1. The molecule has 9 nitrogen and oxygen atoms in total. The summed E-state index contributed by atoms with van der Waals surface area (Å²) < 4.78 is 7.04. The monoisotopic (exact) mass is 438 g/mol. The molecular weight excluding hydrogens is 412 g/mol. The fourth-order valence-electron chi connectivity index (χ4n) is 3.53. The summed E-state index contributed by atoms with van der Waals surface area (Å²) in [6.07, 6.45) is 0. The SMILES string of the molecule is Cc1cc(C(C)(C)C)ccc1OCC(=O)N=Nc1c(O)n(C)c2c(C)cc([N+](=O)[O-])cc12. The Bertz CT molecular complexity index is 1250. The number of fused-ring (bicyclic) bond motifs is 1. The minimum Gasteiger partial charge on any atom is -0.493 e. The Hall–Kier alpha value is -3.75. The Kier molecular flexibility index (Phi) is 6.03. The quantitative estimate of drug-likeness (QED) is 0.325. The molecule has 0 unspecified atom stereocenters. The topological polar surface area (TPSA) is 119 Å². The van der Waals surface area contributed by atoms with Crippen LogP contribution in [0.3, 0.4) is 0 Å². The number of rotatable bonds is 5. The summed E-state index contributed by atoms with van der Waals surface area (Å²) in [6.45, 7) is 9.62. The molecule has 32 heavy (non-hydrogen) atoms. The molecule has 0 saturated heterocycles. The Labute approximate surface area is 185 Å². The first-order chi connectivity index (χ1) is 14.9. The number of ether oxygens (including phenoxy) is 1. The Morgan fingerprint density at radius 2 is 1.88 bits per heavy atom. The molecule has 0 aliphatic rings. The van der Waals surface area contributed by atoms with E-state index in [1.165, 1.54) is 16.7 Å². The number of nitro benzene ring substituents is 1. The van der Waals surface area contributed by atoms with Crippen LogP contribution in [0.2, 0.25) is 0 Å². The first kappa shape index (κ1) is 22.9. The minimum atomic E-state index is -0.650. The van der Waals surface area contributed by atoms with Gasteiger partial charge in [-0.25, -0.2) is 0 Å². The molecule has 0 aliphatic heterocycles. The van der Waals surface area contributed by atoms with Crippen molar-refractivity contribution < 1.29 is 19.6 Å². The number of hydrogen-bond donors (Lipinski definition) is 1. The van der Waals surface area contributed by atoms with Gasteiger partial charge in [0.05, 0.1) is 10.4 Å². The highest BCUT2D eigenvalue weighted by molar-refractivity contribution is 5.98. The smallest absolute Gasteiger partial charge is 0.302 e. The highest BCUT2D eigenvalue weighted by atomic mass is 16.6. The molecular formula is C23H26N4O5. The van der Waals surface area contributed by atoms with Gasteiger partial charge in [0.25, 0.3) is 5.69 Å². The number of nitrogens with zero attached hydrogens (tertiary/aromatic N) is 4. The van der Waals surface area contributed by atoms with Gasteiger partial charge >= 0.3 is 5.91 Å². The molecule has 3 aromatic rings. The summed E-state index contributed by atoms with van der Waals surface area (Å²) in [5.74, 6) is -0.321. The predicted octanol–water partition coefficient (Wildman–Crippen LogP) is 5.40. The van der Waals surface area contributed by atoms with E-state index in [9.17, 15) is 20.0 Å². The zero-order valence-electron chi connectivity index (χ0n) is 19.0. The average molecular weight is 438 g/mol. The van der Waals surface area contributed by atoms with E-state index >= 15 is 0 Å². The number of aromatic nitrogens is 1. The van der Waals surface area contributed by atoms with Crippen molar-refractivity contribution in [2.45, 2.75) is 40.0 Å². The van der Waals surface area contributed by atoms with Crippen LogP contribution in [0.4, 0.5) is 11.4 Å². The number of nitro groups is 1. The van der Waals surface area contributed by atoms with Crippen LogP contribution in [0, 0.1) is 24.0 Å². The second kappa shape index (κ2) is 8.41. The molecule has 0 spiro atoms. The Balaban J connectivity index is 1.82. The molecule has 0 saturated carbocycles. The molecule has 3 rings (SSSR count). The van der Waals surface area contributed by atoms with Gasteiger partial charge in [0.15, 0.2) is 12.3 Å². The Morgan fingerprint density at radius 1 is 1.19 bits per heavy atom. The van der Waals surface area contributed by atoms with Gasteiger partial charge in [0.2, 0.25) is 5.88 Å². The third kappa shape index (κ3) is 4.46. The van der Waals surface area contributed by atoms with E-state index < -0.39 is 10.8 Å². The van der Waals surface area contributed by atoms with Crippen LogP contribution in [0.15, 0.2) is 40.6 Å². The van der Waals surface area contributed by atoms with Gasteiger partial charge in [-0.1, -0.05) is 32.9 Å². The highest BCUT2D eigenvalue weighted by Crippen LogP contribution is 2.41. The van der Waals surface area contributed by atoms with Crippen molar-refractivity contribution in [2.75, 3.05) is 6.61 Å². The summed E-state index contributed by atoms with van der Waals surface area (Å²) in [7, 11) is 1.60. The lowest BCUT2D eigenvalue weighted by Gasteiger charge is -2.20. The number of aryl methyl sites for hydroxylation is 3. The van der Waals surface area contributed by atoms with Crippen LogP contribution in [0.5, 0.6) is 11.6 Å². The second-order valence-corrected chi connectivity index (χ2v) is 8.76. The fourth-order valence-corrected chi connectivity index (χ4v) is 3.53. The molecule has 1 amide bonds. The number of non-ortho nitro benzene ring substituents is 1. The van der Waals surface area contributed by atoms with E-state index in [1.54, 1.807) is 14.0 Å². The minimum absolute atomic E-state index is 0.00120. The van der Waals surface area contributed by atoms with E-state index in [1.807, 2.05) is 25.1 Å². The van der Waals surface area contributed by atoms with Gasteiger partial charge in [-0.2, -0.15) is 0 Å². The van der Waals surface area contributed by atoms with E-state index in [0.717, 1.165) is 11.1 Å². The van der Waals surface area contributed by atoms with E-state index in [-0.39, 0.29) is 29.3 Å². The first-order valence-electron chi connectivity index (χ1n) is 10.0. The second-order valence-electron chi connectivity index (χ2n) is 8.76. The van der Waals surface area contributed by atoms with Crippen LogP contribution in [0.25, 0.3) is 10.9 Å². The summed E-state index contributed by atoms with van der Waals surface area (Å²) in [5.41, 5.74) is 3.08. The van der Waals surface area contributed by atoms with Crippen molar-refractivity contribution >= 4 is 28.2 Å². The fraction of sp³-hybridized carbons (Fsp3) is 0.348. The normalized spacial score (nSPS) is 11.9. The predicted molar refractivity (Wildman–Crippen MR) is 121 cm³/mol. The standard InChI is InChI=1S/C23H26N4O5/c1-13-9-15(23(3,4)5)7-8-18(13)32-12-19(28)24-25-20-17-11-16(27(30)31)10-14(2)21(17)26(6)22(20)29/h7-11,29H,12H2,1-6H3. The van der Waals surface area contributed by atoms with Crippen LogP contribution in [0.1, 0.15) is 37.5 Å². The summed E-state index contributed by atoms with van der Waals surface area (Å²) in [5, 5.41) is 29.5. The largest absolute Gasteiger partial charge is 0.493 e. The molecule has 0 fully saturated rings. The van der Waals surface area contributed by atoms with Gasteiger partial charge in [-0.05, 0) is 42.0 Å². The maximum absolute atomic E-state index is 12.2. The molecule has 1 N–H and O–H groups in total. The molecule has 1 aromatic heterocycles. The van der Waals surface area contributed by atoms with Crippen LogP contribution < -0.4 is 4.74 Å². The summed E-state index contributed by atoms with van der Waals surface area (Å²) >= 11 is 0. The van der Waals surface area contributed by atoms with Crippen molar-refractivity contribution in [1.29, 1.82) is 0 Å². The van der Waals surface area contributed by atoms with Crippen molar-refractivity contribution in [3.8, 4) is 11.6 Å². The number of hydrogen-bond acceptors (Lipinski definition) is 6. The number of azo groups is 1. The third-order valence-corrected chi connectivity index (χ3v) is 5.27. The highest BCUT2D eigenvalue weighted by Gasteiger charge is 2.21. The van der Waals surface area contributed by atoms with Gasteiger partial charge in [0.1, 0.15) is 5.75 Å². The van der Waals surface area contributed by atoms with Crippen molar-refractivity contribution in [2.24, 2.45) is 17.3 Å². The number of carbonyl (C=O) groups excluding carboxylic acids is 1. The third-order valence-electron chi connectivity index (χ3n) is 5.27. The lowest BCUT2D eigenvalue weighted by Crippen LogP contribution is -2.12. The molecule has 0 aliphatic carbocycles. The van der Waals surface area contributed by atoms with Crippen LogP contribution >= 0.6 is 0 Å². The first-order valence-corrected chi connectivity index (χ1v) is 10.0. The summed E-state index contributed by atoms with van der Waals surface area (Å²) in [4.78, 5) is 22.9. The lowest BCUT2D eigenvalue weighted by atomic mass is 9.86. The zero-order valence-corrected chi connectivity index (χ0v) is 19.0. The van der Waals surface area contributed by atoms with Crippen LogP contribution in [-0.4, -0.2) is 27.1 Å². The molecule has 0 atom stereocenters. The molecule has 0 bridgehead atoms. The van der Waals surface area contributed by atoms with Crippen molar-refractivity contribution in [3.05, 3.63) is 57.1 Å². The van der Waals surface area contributed by atoms with Crippen LogP contribution in [-0.2, 0) is 17.3 Å². The van der Waals surface area contributed by atoms with Gasteiger partial charge in [0, 0.05) is 24.6 Å². The molecule has 1 heterocycles. The molecule has 0 radical (unpaired) electrons. The Morgan fingerprint density at radius 3 is 2.47 bits per heavy atom. The maximum Gasteiger partial charge on any atom is 0.302 e. The van der Waals surface area contributed by atoms with E-state index in [0.29, 0.717) is 22.2 Å². The lowest BCUT2D eigenvalue weighted by molar-refractivity contribution is -0.384. The number of aromatic hydroxyl groups is 1. The van der Waals surface area contributed by atoms with E-state index in [2.05, 4.69) is 31.0 Å². The molecule has 2 aromatic carbocycles. The van der Waals surface area contributed by atoms with Crippen molar-refractivity contribution in [1.82, 2.24) is 4.57 Å². The number of benzene rings is 2. The van der Waals surface area contributed by atoms with Gasteiger partial charge < -0.3 is 14.4 Å². The number of amides is 1. The van der Waals surface area contributed by atoms with Crippen molar-refractivity contribution in [3.63, 3.8) is 0 Å². The van der Waals surface area contributed by atoms with Gasteiger partial charge in [-0.3, -0.25) is 14.9 Å². The average Bonchev–Trinajstić information content (AvgIpc) is 2.95. The van der Waals surface area contributed by atoms with Gasteiger partial charge in [-0.15, -0.1) is 10.2 Å². The summed E-state index contributed by atoms with van der Waals surface area (Å²) in [6, 6.07) is 8.51. The molecule has 168 valence electrons. The zero-order chi connectivity index (χ0) is 23.8. The van der Waals surface area contributed by atoms with E-state index in [4.69, 9.17) is 4.74 Å². The molecule has 9 heteroatoms. The maximum atomic E-state index is 12.2.